The van der Waals surface area contributed by atoms with Crippen LogP contribution < -0.4 is 0 Å². The van der Waals surface area contributed by atoms with E-state index >= 15 is 0 Å². The van der Waals surface area contributed by atoms with E-state index in [2.05, 4.69) is 200 Å². The quantitative estimate of drug-likeness (QED) is 0.179. The minimum Gasteiger partial charge on any atom is -0.309 e. The number of hydrogen-bond acceptors (Lipinski definition) is 2. The summed E-state index contributed by atoms with van der Waals surface area (Å²) in [6.07, 6.45) is 0. The Hall–Kier alpha value is -7.70. The second-order valence-electron chi connectivity index (χ2n) is 14.7. The number of nitrogens with zero attached hydrogens (tertiary/aromatic N) is 6. The minimum atomic E-state index is 0.887. The van der Waals surface area contributed by atoms with Crippen LogP contribution >= 0.6 is 0 Å². The van der Waals surface area contributed by atoms with Gasteiger partial charge in [-0.25, -0.2) is 9.97 Å². The van der Waals surface area contributed by atoms with Gasteiger partial charge in [0.1, 0.15) is 11.3 Å². The van der Waals surface area contributed by atoms with Gasteiger partial charge in [-0.2, -0.15) is 0 Å². The third kappa shape index (κ3) is 3.89. The number of benzene rings is 8. The van der Waals surface area contributed by atoms with Gasteiger partial charge >= 0.3 is 0 Å². The molecule has 0 N–H and O–H groups in total. The molecule has 260 valence electrons. The standard InChI is InChI=1S/C50H30N6/c1-7-19-41-33(13-1)34-14-2-8-20-42(34)53(41)31-25-27-45-37(29-31)49-51-39-17-5-12-24-48(39)56(49)46-28-26-32(30-38(46)50-52-40-18-6-11-23-47(40)55(45)50)54-43-21-9-3-15-35(43)36-16-4-10-22-44(36)54/h1-30H. The van der Waals surface area contributed by atoms with Crippen LogP contribution in [0.15, 0.2) is 182 Å². The lowest BCUT2D eigenvalue weighted by Crippen LogP contribution is -1.99. The molecule has 0 bridgehead atoms. The Bertz CT molecular complexity index is 3480. The highest BCUT2D eigenvalue weighted by Crippen LogP contribution is 2.38. The highest BCUT2D eigenvalue weighted by molar-refractivity contribution is 6.12. The zero-order valence-corrected chi connectivity index (χ0v) is 30.0. The highest BCUT2D eigenvalue weighted by atomic mass is 15.1. The second kappa shape index (κ2) is 10.9. The van der Waals surface area contributed by atoms with Crippen LogP contribution in [0.5, 0.6) is 0 Å². The summed E-state index contributed by atoms with van der Waals surface area (Å²) in [5.74, 6) is 0. The molecule has 13 rings (SSSR count). The summed E-state index contributed by atoms with van der Waals surface area (Å²) in [4.78, 5) is 10.9. The molecule has 5 heterocycles. The molecule has 0 fully saturated rings. The predicted octanol–water partition coefficient (Wildman–Crippen LogP) is 12.4. The van der Waals surface area contributed by atoms with Gasteiger partial charge in [0.25, 0.3) is 0 Å². The van der Waals surface area contributed by atoms with E-state index in [4.69, 9.17) is 9.97 Å². The monoisotopic (exact) mass is 714 g/mol. The summed E-state index contributed by atoms with van der Waals surface area (Å²) in [7, 11) is 0. The molecule has 0 atom stereocenters. The molecule has 0 amide bonds. The van der Waals surface area contributed by atoms with Crippen molar-refractivity contribution in [1.29, 1.82) is 0 Å². The highest BCUT2D eigenvalue weighted by Gasteiger charge is 2.20. The van der Waals surface area contributed by atoms with Crippen molar-refractivity contribution in [3.05, 3.63) is 182 Å². The molecule has 8 aromatic carbocycles. The van der Waals surface area contributed by atoms with Crippen molar-refractivity contribution in [3.8, 4) is 11.4 Å². The summed E-state index contributed by atoms with van der Waals surface area (Å²) >= 11 is 0. The Kier molecular flexibility index (Phi) is 5.80. The minimum absolute atomic E-state index is 0.887. The van der Waals surface area contributed by atoms with E-state index in [9.17, 15) is 0 Å². The molecule has 0 saturated carbocycles. The molecule has 0 unspecified atom stereocenters. The number of para-hydroxylation sites is 8. The van der Waals surface area contributed by atoms with Crippen molar-refractivity contribution in [2.75, 3.05) is 0 Å². The summed E-state index contributed by atoms with van der Waals surface area (Å²) in [5.41, 5.74) is 14.7. The zero-order valence-electron chi connectivity index (χ0n) is 30.0. The van der Waals surface area contributed by atoms with Gasteiger partial charge < -0.3 is 9.13 Å². The van der Waals surface area contributed by atoms with Crippen LogP contribution in [0.3, 0.4) is 0 Å². The molecule has 0 radical (unpaired) electrons. The van der Waals surface area contributed by atoms with Crippen molar-refractivity contribution in [3.63, 3.8) is 0 Å². The summed E-state index contributed by atoms with van der Waals surface area (Å²) in [6, 6.07) is 65.3. The van der Waals surface area contributed by atoms with Crippen LogP contribution in [0.1, 0.15) is 0 Å². The first-order valence-electron chi connectivity index (χ1n) is 19.0. The van der Waals surface area contributed by atoms with Crippen LogP contribution in [0.25, 0.3) is 110 Å². The van der Waals surface area contributed by atoms with Gasteiger partial charge in [-0.1, -0.05) is 97.1 Å². The smallest absolute Gasteiger partial charge is 0.147 e. The van der Waals surface area contributed by atoms with Crippen LogP contribution in [-0.4, -0.2) is 27.9 Å². The summed E-state index contributed by atoms with van der Waals surface area (Å²) < 4.78 is 9.46. The van der Waals surface area contributed by atoms with Crippen molar-refractivity contribution in [1.82, 2.24) is 27.9 Å². The van der Waals surface area contributed by atoms with Gasteiger partial charge in [0.15, 0.2) is 0 Å². The van der Waals surface area contributed by atoms with Crippen LogP contribution in [-0.2, 0) is 0 Å². The lowest BCUT2D eigenvalue weighted by molar-refractivity contribution is 1.18. The first kappa shape index (κ1) is 29.7. The molecule has 6 heteroatoms. The van der Waals surface area contributed by atoms with E-state index in [1.54, 1.807) is 0 Å². The molecular formula is C50H30N6. The van der Waals surface area contributed by atoms with Crippen molar-refractivity contribution in [2.45, 2.75) is 0 Å². The molecule has 6 nitrogen and oxygen atoms in total. The van der Waals surface area contributed by atoms with E-state index in [0.717, 1.165) is 66.5 Å². The van der Waals surface area contributed by atoms with E-state index < -0.39 is 0 Å². The molecule has 56 heavy (non-hydrogen) atoms. The maximum atomic E-state index is 5.45. The van der Waals surface area contributed by atoms with Gasteiger partial charge in [0, 0.05) is 43.7 Å². The third-order valence-corrected chi connectivity index (χ3v) is 11.7. The topological polar surface area (TPSA) is 44.5 Å². The Morgan fingerprint density at radius 1 is 0.268 bits per heavy atom. The van der Waals surface area contributed by atoms with Gasteiger partial charge in [-0.3, -0.25) is 8.80 Å². The van der Waals surface area contributed by atoms with Gasteiger partial charge in [0.2, 0.25) is 0 Å². The second-order valence-corrected chi connectivity index (χ2v) is 14.7. The Morgan fingerprint density at radius 3 is 0.964 bits per heavy atom. The molecule has 0 aliphatic heterocycles. The molecule has 0 aliphatic carbocycles. The Balaban J connectivity index is 1.24. The summed E-state index contributed by atoms with van der Waals surface area (Å²) in [6.45, 7) is 0. The molecule has 0 saturated heterocycles. The fraction of sp³-hybridized carbons (Fsp3) is 0. The van der Waals surface area contributed by atoms with E-state index in [1.807, 2.05) is 0 Å². The average Bonchev–Trinajstić information content (AvgIpc) is 4.01. The Labute approximate surface area is 319 Å². The van der Waals surface area contributed by atoms with Gasteiger partial charge in [-0.05, 0) is 84.9 Å². The number of imidazole rings is 2. The number of rotatable bonds is 2. The van der Waals surface area contributed by atoms with E-state index in [-0.39, 0.29) is 0 Å². The Morgan fingerprint density at radius 2 is 0.589 bits per heavy atom. The number of fused-ring (bicyclic) bond motifs is 18. The first-order chi connectivity index (χ1) is 27.8. The average molecular weight is 715 g/mol. The molecular weight excluding hydrogens is 685 g/mol. The summed E-state index contributed by atoms with van der Waals surface area (Å²) in [5, 5.41) is 7.00. The zero-order chi connectivity index (χ0) is 36.5. The molecule has 13 aromatic rings. The normalized spacial score (nSPS) is 12.3. The van der Waals surface area contributed by atoms with Gasteiger partial charge in [-0.15, -0.1) is 0 Å². The van der Waals surface area contributed by atoms with Crippen LogP contribution in [0.2, 0.25) is 0 Å². The van der Waals surface area contributed by atoms with Crippen molar-refractivity contribution < 1.29 is 0 Å². The lowest BCUT2D eigenvalue weighted by atomic mass is 10.1. The fourth-order valence-electron chi connectivity index (χ4n) is 9.38. The maximum absolute atomic E-state index is 5.45. The SMILES string of the molecule is c1ccc2c(c1)nc1c3cc(-n4c5ccccc5c5ccccc54)ccc3n3c4ccccc4nc3c3cc(-n4c5ccccc5c5ccccc54)ccc3n21. The van der Waals surface area contributed by atoms with Crippen LogP contribution in [0, 0.1) is 0 Å². The largest absolute Gasteiger partial charge is 0.309 e. The number of hydrogen-bond donors (Lipinski definition) is 0. The van der Waals surface area contributed by atoms with Crippen LogP contribution in [0.4, 0.5) is 0 Å². The molecule has 5 aromatic heterocycles. The predicted molar refractivity (Wildman–Crippen MR) is 231 cm³/mol. The van der Waals surface area contributed by atoms with Crippen molar-refractivity contribution in [2.24, 2.45) is 0 Å². The van der Waals surface area contributed by atoms with Crippen molar-refractivity contribution >= 4 is 98.8 Å². The first-order valence-corrected chi connectivity index (χ1v) is 19.0. The maximum Gasteiger partial charge on any atom is 0.147 e. The molecule has 0 aliphatic rings. The third-order valence-electron chi connectivity index (χ3n) is 11.7. The lowest BCUT2D eigenvalue weighted by Gasteiger charge is -2.13. The van der Waals surface area contributed by atoms with E-state index in [1.165, 1.54) is 43.6 Å². The van der Waals surface area contributed by atoms with Gasteiger partial charge in [0.05, 0.1) is 55.2 Å². The number of aromatic nitrogens is 6. The fourth-order valence-corrected chi connectivity index (χ4v) is 9.38. The molecule has 0 spiro atoms. The van der Waals surface area contributed by atoms with E-state index in [0.29, 0.717) is 0 Å².